The Morgan fingerprint density at radius 1 is 1.14 bits per heavy atom. The number of nitrogens with zero attached hydrogens (tertiary/aromatic N) is 2. The van der Waals surface area contributed by atoms with E-state index < -0.39 is 0 Å². The van der Waals surface area contributed by atoms with E-state index in [2.05, 4.69) is 40.1 Å². The predicted octanol–water partition coefficient (Wildman–Crippen LogP) is 1.61. The number of methoxy groups -OCH3 is 1. The fourth-order valence-electron chi connectivity index (χ4n) is 3.70. The molecule has 3 rings (SSSR count). The highest BCUT2D eigenvalue weighted by Crippen LogP contribution is 2.31. The quantitative estimate of drug-likeness (QED) is 0.788. The van der Waals surface area contributed by atoms with E-state index in [0.29, 0.717) is 12.5 Å². The summed E-state index contributed by atoms with van der Waals surface area (Å²) in [7, 11) is 1.46. The SMILES string of the molecule is COC(=O)CN1CCC2CN(Cc3ccccc3)CC2C1. The molecule has 2 fully saturated rings. The summed E-state index contributed by atoms with van der Waals surface area (Å²) in [5, 5.41) is 0. The van der Waals surface area contributed by atoms with Gasteiger partial charge >= 0.3 is 5.97 Å². The fraction of sp³-hybridized carbons (Fsp3) is 0.588. The van der Waals surface area contributed by atoms with Crippen LogP contribution in [0, 0.1) is 11.8 Å². The number of ether oxygens (including phenoxy) is 1. The molecule has 2 heterocycles. The second-order valence-corrected chi connectivity index (χ2v) is 6.30. The first-order valence-corrected chi connectivity index (χ1v) is 7.80. The number of rotatable bonds is 4. The number of benzene rings is 1. The molecule has 2 aliphatic heterocycles. The van der Waals surface area contributed by atoms with Gasteiger partial charge in [0.1, 0.15) is 0 Å². The molecule has 4 nitrogen and oxygen atoms in total. The van der Waals surface area contributed by atoms with Gasteiger partial charge in [-0.25, -0.2) is 0 Å². The third-order valence-electron chi connectivity index (χ3n) is 4.79. The zero-order valence-electron chi connectivity index (χ0n) is 12.7. The van der Waals surface area contributed by atoms with Crippen LogP contribution in [0.5, 0.6) is 0 Å². The molecule has 0 bridgehead atoms. The van der Waals surface area contributed by atoms with Crippen LogP contribution in [0.2, 0.25) is 0 Å². The molecule has 0 spiro atoms. The summed E-state index contributed by atoms with van der Waals surface area (Å²) >= 11 is 0. The van der Waals surface area contributed by atoms with Crippen molar-refractivity contribution in [3.8, 4) is 0 Å². The van der Waals surface area contributed by atoms with E-state index in [1.165, 1.54) is 25.6 Å². The van der Waals surface area contributed by atoms with Gasteiger partial charge in [0.05, 0.1) is 13.7 Å². The van der Waals surface area contributed by atoms with Crippen molar-refractivity contribution in [3.05, 3.63) is 35.9 Å². The first kappa shape index (κ1) is 14.5. The lowest BCUT2D eigenvalue weighted by Gasteiger charge is -2.33. The van der Waals surface area contributed by atoms with Crippen LogP contribution in [-0.2, 0) is 16.1 Å². The topological polar surface area (TPSA) is 32.8 Å². The number of esters is 1. The van der Waals surface area contributed by atoms with Gasteiger partial charge in [0.15, 0.2) is 0 Å². The van der Waals surface area contributed by atoms with Crippen LogP contribution in [-0.4, -0.2) is 55.6 Å². The summed E-state index contributed by atoms with van der Waals surface area (Å²) < 4.78 is 4.77. The van der Waals surface area contributed by atoms with Gasteiger partial charge in [0, 0.05) is 26.2 Å². The fourth-order valence-corrected chi connectivity index (χ4v) is 3.70. The molecule has 0 amide bonds. The van der Waals surface area contributed by atoms with Gasteiger partial charge in [-0.1, -0.05) is 30.3 Å². The van der Waals surface area contributed by atoms with Crippen LogP contribution in [0.15, 0.2) is 30.3 Å². The normalized spacial score (nSPS) is 26.5. The molecule has 2 atom stereocenters. The van der Waals surface area contributed by atoms with Crippen LogP contribution < -0.4 is 0 Å². The number of fused-ring (bicyclic) bond motifs is 1. The van der Waals surface area contributed by atoms with Crippen LogP contribution in [0.4, 0.5) is 0 Å². The number of hydrogen-bond acceptors (Lipinski definition) is 4. The van der Waals surface area contributed by atoms with Crippen LogP contribution >= 0.6 is 0 Å². The zero-order chi connectivity index (χ0) is 14.7. The lowest BCUT2D eigenvalue weighted by molar-refractivity contribution is -0.142. The maximum Gasteiger partial charge on any atom is 0.319 e. The maximum absolute atomic E-state index is 11.4. The molecule has 0 aliphatic carbocycles. The molecule has 0 radical (unpaired) electrons. The number of hydrogen-bond donors (Lipinski definition) is 0. The molecule has 4 heteroatoms. The third-order valence-corrected chi connectivity index (χ3v) is 4.79. The Hall–Kier alpha value is -1.39. The standard InChI is InChI=1S/C17H24N2O2/c1-21-17(20)13-18-8-7-15-10-19(12-16(15)11-18)9-14-5-3-2-4-6-14/h2-6,15-16H,7-13H2,1H3. The largest absolute Gasteiger partial charge is 0.468 e. The monoisotopic (exact) mass is 288 g/mol. The predicted molar refractivity (Wildman–Crippen MR) is 81.8 cm³/mol. The summed E-state index contributed by atoms with van der Waals surface area (Å²) in [4.78, 5) is 16.2. The molecule has 21 heavy (non-hydrogen) atoms. The lowest BCUT2D eigenvalue weighted by Crippen LogP contribution is -2.42. The molecular formula is C17H24N2O2. The minimum Gasteiger partial charge on any atom is -0.468 e. The first-order valence-electron chi connectivity index (χ1n) is 7.80. The van der Waals surface area contributed by atoms with E-state index in [4.69, 9.17) is 4.74 Å². The summed E-state index contributed by atoms with van der Waals surface area (Å²) in [6.07, 6.45) is 1.20. The van der Waals surface area contributed by atoms with E-state index in [1.54, 1.807) is 0 Å². The van der Waals surface area contributed by atoms with Gasteiger partial charge in [0.2, 0.25) is 0 Å². The van der Waals surface area contributed by atoms with Crippen molar-refractivity contribution >= 4 is 5.97 Å². The number of likely N-dealkylation sites (tertiary alicyclic amines) is 2. The molecule has 114 valence electrons. The van der Waals surface area contributed by atoms with Crippen molar-refractivity contribution in [2.75, 3.05) is 39.8 Å². The van der Waals surface area contributed by atoms with Crippen molar-refractivity contribution in [2.45, 2.75) is 13.0 Å². The van der Waals surface area contributed by atoms with Gasteiger partial charge < -0.3 is 4.74 Å². The number of carbonyl (C=O) groups is 1. The molecular weight excluding hydrogens is 264 g/mol. The average molecular weight is 288 g/mol. The zero-order valence-corrected chi connectivity index (χ0v) is 12.7. The van der Waals surface area contributed by atoms with Gasteiger partial charge in [-0.3, -0.25) is 14.6 Å². The van der Waals surface area contributed by atoms with E-state index in [-0.39, 0.29) is 5.97 Å². The average Bonchev–Trinajstić information content (AvgIpc) is 2.89. The molecule has 1 aromatic carbocycles. The number of carbonyl (C=O) groups excluding carboxylic acids is 1. The smallest absolute Gasteiger partial charge is 0.319 e. The molecule has 2 unspecified atom stereocenters. The summed E-state index contributed by atoms with van der Waals surface area (Å²) in [6.45, 7) is 5.90. The highest BCUT2D eigenvalue weighted by molar-refractivity contribution is 5.71. The second-order valence-electron chi connectivity index (χ2n) is 6.30. The van der Waals surface area contributed by atoms with E-state index in [0.717, 1.165) is 32.1 Å². The van der Waals surface area contributed by atoms with Crippen molar-refractivity contribution < 1.29 is 9.53 Å². The summed E-state index contributed by atoms with van der Waals surface area (Å²) in [5.74, 6) is 1.38. The maximum atomic E-state index is 11.4. The molecule has 2 saturated heterocycles. The Morgan fingerprint density at radius 2 is 1.86 bits per heavy atom. The highest BCUT2D eigenvalue weighted by atomic mass is 16.5. The van der Waals surface area contributed by atoms with E-state index in [1.807, 2.05) is 0 Å². The molecule has 0 N–H and O–H groups in total. The molecule has 2 aliphatic rings. The first-order chi connectivity index (χ1) is 10.2. The van der Waals surface area contributed by atoms with Gasteiger partial charge in [0.25, 0.3) is 0 Å². The minimum absolute atomic E-state index is 0.118. The van der Waals surface area contributed by atoms with Crippen molar-refractivity contribution in [3.63, 3.8) is 0 Å². The van der Waals surface area contributed by atoms with E-state index in [9.17, 15) is 4.79 Å². The number of piperidine rings is 1. The minimum atomic E-state index is -0.118. The van der Waals surface area contributed by atoms with Crippen molar-refractivity contribution in [1.82, 2.24) is 9.80 Å². The van der Waals surface area contributed by atoms with Crippen molar-refractivity contribution in [2.24, 2.45) is 11.8 Å². The van der Waals surface area contributed by atoms with Crippen LogP contribution in [0.1, 0.15) is 12.0 Å². The van der Waals surface area contributed by atoms with E-state index >= 15 is 0 Å². The molecule has 0 aromatic heterocycles. The van der Waals surface area contributed by atoms with Gasteiger partial charge in [-0.15, -0.1) is 0 Å². The summed E-state index contributed by atoms with van der Waals surface area (Å²) in [5.41, 5.74) is 1.39. The molecule has 0 saturated carbocycles. The Balaban J connectivity index is 1.53. The Bertz CT molecular complexity index is 477. The lowest BCUT2D eigenvalue weighted by atomic mass is 9.89. The van der Waals surface area contributed by atoms with Crippen LogP contribution in [0.3, 0.4) is 0 Å². The van der Waals surface area contributed by atoms with Gasteiger partial charge in [-0.2, -0.15) is 0 Å². The second kappa shape index (κ2) is 6.58. The Morgan fingerprint density at radius 3 is 2.62 bits per heavy atom. The highest BCUT2D eigenvalue weighted by Gasteiger charge is 2.37. The summed E-state index contributed by atoms with van der Waals surface area (Å²) in [6, 6.07) is 10.7. The third kappa shape index (κ3) is 3.63. The van der Waals surface area contributed by atoms with Crippen LogP contribution in [0.25, 0.3) is 0 Å². The Kier molecular flexibility index (Phi) is 4.56. The molecule has 1 aromatic rings. The van der Waals surface area contributed by atoms with Crippen molar-refractivity contribution in [1.29, 1.82) is 0 Å². The van der Waals surface area contributed by atoms with Gasteiger partial charge in [-0.05, 0) is 30.4 Å². The Labute approximate surface area is 126 Å².